The zero-order valence-corrected chi connectivity index (χ0v) is 35.8. The van der Waals surface area contributed by atoms with Crippen LogP contribution in [-0.2, 0) is 27.8 Å². The second-order valence-electron chi connectivity index (χ2n) is 14.8. The van der Waals surface area contributed by atoms with Crippen molar-refractivity contribution < 1.29 is 31.7 Å². The molecule has 0 aliphatic carbocycles. The van der Waals surface area contributed by atoms with Gasteiger partial charge < -0.3 is 19.1 Å². The van der Waals surface area contributed by atoms with Gasteiger partial charge in [0.05, 0.1) is 23.8 Å². The fourth-order valence-corrected chi connectivity index (χ4v) is 9.11. The second kappa shape index (κ2) is 19.6. The summed E-state index contributed by atoms with van der Waals surface area (Å²) in [6, 6.07) is 50.5. The molecule has 0 bridgehead atoms. The van der Waals surface area contributed by atoms with Crippen LogP contribution in [0.15, 0.2) is 174 Å². The molecule has 10 heteroatoms. The smallest absolute Gasteiger partial charge is 0.294 e. The molecule has 1 aliphatic heterocycles. The van der Waals surface area contributed by atoms with Crippen molar-refractivity contribution in [2.45, 2.75) is 44.0 Å². The van der Waals surface area contributed by atoms with Crippen LogP contribution in [-0.4, -0.2) is 39.3 Å². The van der Waals surface area contributed by atoms with Gasteiger partial charge in [-0.05, 0) is 95.1 Å². The van der Waals surface area contributed by atoms with Crippen LogP contribution < -0.4 is 18.9 Å². The van der Waals surface area contributed by atoms with Crippen LogP contribution in [0.4, 0.5) is 5.69 Å². The summed E-state index contributed by atoms with van der Waals surface area (Å²) in [4.78, 5) is 2.01. The van der Waals surface area contributed by atoms with Crippen molar-refractivity contribution in [2.75, 3.05) is 31.3 Å². The first-order valence-electron chi connectivity index (χ1n) is 20.7. The fraction of sp³-hybridized carbons (Fsp3) is 0.196. The number of hydrogen-bond donors (Lipinski definition) is 1. The molecule has 6 aromatic carbocycles. The third-order valence-corrected chi connectivity index (χ3v) is 12.7. The van der Waals surface area contributed by atoms with Crippen LogP contribution in [0.5, 0.6) is 11.5 Å². The molecule has 7 aromatic rings. The molecule has 0 radical (unpaired) electrons. The largest absolute Gasteiger partial charge is 0.491 e. The van der Waals surface area contributed by atoms with Gasteiger partial charge in [0.1, 0.15) is 17.1 Å². The van der Waals surface area contributed by atoms with Crippen molar-refractivity contribution in [3.63, 3.8) is 0 Å². The van der Waals surface area contributed by atoms with E-state index in [0.29, 0.717) is 25.5 Å². The topological polar surface area (TPSA) is 89.2 Å². The van der Waals surface area contributed by atoms with E-state index in [0.717, 1.165) is 66.2 Å². The van der Waals surface area contributed by atoms with Gasteiger partial charge in [0.25, 0.3) is 15.1 Å². The molecule has 310 valence electrons. The zero-order chi connectivity index (χ0) is 42.0. The van der Waals surface area contributed by atoms with E-state index in [1.165, 1.54) is 56.2 Å². The van der Waals surface area contributed by atoms with Gasteiger partial charge in [-0.25, -0.2) is 0 Å². The quantitative estimate of drug-likeness (QED) is 0.0522. The molecule has 8 rings (SSSR count). The maximum absolute atomic E-state index is 11.4. The first-order chi connectivity index (χ1) is 29.8. The van der Waals surface area contributed by atoms with Crippen molar-refractivity contribution in [2.24, 2.45) is 0 Å². The first kappa shape index (κ1) is 41.7. The van der Waals surface area contributed by atoms with E-state index in [-0.39, 0.29) is 11.5 Å². The lowest BCUT2D eigenvalue weighted by molar-refractivity contribution is -0.669. The Morgan fingerprint density at radius 2 is 1.43 bits per heavy atom. The molecule has 1 N–H and O–H groups in total. The normalized spacial score (nSPS) is 13.4. The highest BCUT2D eigenvalue weighted by Gasteiger charge is 2.28. The van der Waals surface area contributed by atoms with E-state index in [2.05, 4.69) is 132 Å². The molecule has 0 atom stereocenters. The first-order valence-corrected chi connectivity index (χ1v) is 23.0. The van der Waals surface area contributed by atoms with Crippen molar-refractivity contribution in [3.05, 3.63) is 180 Å². The third-order valence-electron chi connectivity index (χ3n) is 10.7. The summed E-state index contributed by atoms with van der Waals surface area (Å²) < 4.78 is 54.3. The van der Waals surface area contributed by atoms with Gasteiger partial charge >= 0.3 is 0 Å². The number of hydrogen-bond acceptors (Lipinski definition) is 7. The minimum atomic E-state index is -4.26. The van der Waals surface area contributed by atoms with E-state index < -0.39 is 10.1 Å². The van der Waals surface area contributed by atoms with Crippen LogP contribution in [0.2, 0.25) is 0 Å². The van der Waals surface area contributed by atoms with E-state index in [4.69, 9.17) is 14.2 Å². The Labute approximate surface area is 362 Å². The maximum atomic E-state index is 11.4. The number of allylic oxidation sites excluding steroid dienone is 2. The summed E-state index contributed by atoms with van der Waals surface area (Å²) in [6.07, 6.45) is 8.52. The van der Waals surface area contributed by atoms with E-state index in [9.17, 15) is 13.0 Å². The average molecular weight is 850 g/mol. The highest BCUT2D eigenvalue weighted by atomic mass is 32.2. The van der Waals surface area contributed by atoms with Crippen LogP contribution >= 0.6 is 11.3 Å². The molecule has 0 fully saturated rings. The van der Waals surface area contributed by atoms with Crippen molar-refractivity contribution in [1.29, 1.82) is 0 Å². The Hall–Kier alpha value is -6.04. The van der Waals surface area contributed by atoms with Gasteiger partial charge in [-0.3, -0.25) is 4.55 Å². The number of rotatable bonds is 18. The molecule has 0 saturated carbocycles. The number of benzene rings is 6. The zero-order valence-electron chi connectivity index (χ0n) is 34.2. The monoisotopic (exact) mass is 849 g/mol. The van der Waals surface area contributed by atoms with Crippen molar-refractivity contribution in [1.82, 2.24) is 0 Å². The van der Waals surface area contributed by atoms with Crippen molar-refractivity contribution >= 4 is 43.4 Å². The minimum Gasteiger partial charge on any atom is -0.491 e. The van der Waals surface area contributed by atoms with E-state index in [1.807, 2.05) is 35.6 Å². The Balaban J connectivity index is 1.04. The van der Waals surface area contributed by atoms with Crippen LogP contribution in [0.25, 0.3) is 38.5 Å². The van der Waals surface area contributed by atoms with Gasteiger partial charge in [0.2, 0.25) is 11.4 Å². The SMILES string of the molecule is CCC(=Cc1sc2ccc(-c3ccccc3)cc2[n+]1CCCCc1ccccc1)C=C1Oc2ccc(-c3ccccc3)cc2N1CCOCCOc1ccc(S(=O)(=O)O)cc1. The summed E-state index contributed by atoms with van der Waals surface area (Å²) in [6.45, 7) is 4.66. The summed E-state index contributed by atoms with van der Waals surface area (Å²) in [5.41, 5.74) is 9.40. The Bertz CT molecular complexity index is 2730. The number of unbranched alkanes of at least 4 members (excludes halogenated alkanes) is 1. The average Bonchev–Trinajstić information content (AvgIpc) is 3.82. The highest BCUT2D eigenvalue weighted by Crippen LogP contribution is 2.42. The number of ether oxygens (including phenoxy) is 3. The summed E-state index contributed by atoms with van der Waals surface area (Å²) in [5.74, 6) is 2.02. The molecule has 61 heavy (non-hydrogen) atoms. The Kier molecular flexibility index (Phi) is 13.4. The third kappa shape index (κ3) is 10.5. The lowest BCUT2D eigenvalue weighted by Crippen LogP contribution is -2.35. The van der Waals surface area contributed by atoms with Crippen LogP contribution in [0.3, 0.4) is 0 Å². The number of aromatic nitrogens is 1. The second-order valence-corrected chi connectivity index (χ2v) is 17.3. The Morgan fingerprint density at radius 3 is 2.11 bits per heavy atom. The number of fused-ring (bicyclic) bond motifs is 2. The van der Waals surface area contributed by atoms with Crippen LogP contribution in [0, 0.1) is 0 Å². The van der Waals surface area contributed by atoms with E-state index >= 15 is 0 Å². The predicted octanol–water partition coefficient (Wildman–Crippen LogP) is 11.4. The molecule has 0 saturated heterocycles. The molecule has 8 nitrogen and oxygen atoms in total. The predicted molar refractivity (Wildman–Crippen MR) is 246 cm³/mol. The van der Waals surface area contributed by atoms with Gasteiger partial charge in [-0.15, -0.1) is 0 Å². The molecule has 2 heterocycles. The molecule has 0 amide bonds. The number of anilines is 1. The molecular weight excluding hydrogens is 801 g/mol. The standard InChI is InChI=1S/C51H48N2O6S2/c1-2-38(35-51-53(29-13-12-16-39-14-6-3-7-15-39)47-37-43(22-28-49(47)60-51)41-19-10-5-11-20-41)34-50-52(46-36-42(21-27-48(46)59-50)40-17-8-4-9-18-40)30-31-57-32-33-58-44-23-25-45(26-24-44)61(54,55)56/h3-11,14-15,17-28,34-37H,2,12-13,16,29-33H2,1H3/p+1. The number of aryl methyl sites for hydroxylation is 2. The summed E-state index contributed by atoms with van der Waals surface area (Å²) >= 11 is 1.83. The lowest BCUT2D eigenvalue weighted by Gasteiger charge is -2.19. The summed E-state index contributed by atoms with van der Waals surface area (Å²) in [7, 11) is -4.26. The van der Waals surface area contributed by atoms with Crippen LogP contribution in [0.1, 0.15) is 36.8 Å². The van der Waals surface area contributed by atoms with Crippen molar-refractivity contribution in [3.8, 4) is 33.8 Å². The lowest BCUT2D eigenvalue weighted by atomic mass is 10.0. The van der Waals surface area contributed by atoms with Gasteiger partial charge in [0.15, 0.2) is 12.3 Å². The summed E-state index contributed by atoms with van der Waals surface area (Å²) in [5, 5.41) is 1.21. The van der Waals surface area contributed by atoms with Gasteiger partial charge in [0, 0.05) is 31.2 Å². The Morgan fingerprint density at radius 1 is 0.754 bits per heavy atom. The van der Waals surface area contributed by atoms with E-state index in [1.54, 1.807) is 0 Å². The molecular formula is C51H49N2O6S2+. The molecule has 1 aromatic heterocycles. The maximum Gasteiger partial charge on any atom is 0.294 e. The van der Waals surface area contributed by atoms with Gasteiger partial charge in [-0.2, -0.15) is 13.0 Å². The minimum absolute atomic E-state index is 0.181. The molecule has 0 unspecified atom stereocenters. The van der Waals surface area contributed by atoms with Gasteiger partial charge in [-0.1, -0.05) is 121 Å². The highest BCUT2D eigenvalue weighted by molar-refractivity contribution is 7.85. The number of thiazole rings is 1. The molecule has 1 aliphatic rings. The number of nitrogens with zero attached hydrogens (tertiary/aromatic N) is 2. The molecule has 0 spiro atoms. The fourth-order valence-electron chi connectivity index (χ4n) is 7.49.